The van der Waals surface area contributed by atoms with Crippen LogP contribution in [0.5, 0.6) is 0 Å². The highest BCUT2D eigenvalue weighted by Crippen LogP contribution is 2.40. The van der Waals surface area contributed by atoms with Crippen molar-refractivity contribution in [3.8, 4) is 0 Å². The van der Waals surface area contributed by atoms with E-state index in [0.29, 0.717) is 6.42 Å². The van der Waals surface area contributed by atoms with Crippen LogP contribution >= 0.6 is 11.8 Å². The molecule has 4 nitrogen and oxygen atoms in total. The van der Waals surface area contributed by atoms with Crippen molar-refractivity contribution in [1.29, 1.82) is 0 Å². The molecule has 2 aromatic rings. The van der Waals surface area contributed by atoms with Gasteiger partial charge in [-0.05, 0) is 35.1 Å². The van der Waals surface area contributed by atoms with Crippen molar-refractivity contribution in [3.05, 3.63) is 83.1 Å². The standard InChI is InChI=1S/C19H18FN2O2S/c20-15-8-6-14(7-9-15)19-22(10-11-25-19)16(17(23)18(21)24)12-13-4-2-1-3-5-13/h1-9,11,16-17,19,23H,12H2,(H2,21,24). The summed E-state index contributed by atoms with van der Waals surface area (Å²) in [4.78, 5) is 13.4. The second-order valence-electron chi connectivity index (χ2n) is 5.80. The molecule has 1 heterocycles. The molecule has 3 unspecified atom stereocenters. The minimum Gasteiger partial charge on any atom is -0.381 e. The predicted molar refractivity (Wildman–Crippen MR) is 95.5 cm³/mol. The van der Waals surface area contributed by atoms with E-state index in [1.54, 1.807) is 22.4 Å². The molecule has 0 aliphatic carbocycles. The lowest BCUT2D eigenvalue weighted by atomic mass is 9.98. The summed E-state index contributed by atoms with van der Waals surface area (Å²) in [7, 11) is 0. The first-order valence-corrected chi connectivity index (χ1v) is 8.79. The lowest BCUT2D eigenvalue weighted by molar-refractivity contribution is -0.129. The largest absolute Gasteiger partial charge is 0.381 e. The van der Waals surface area contributed by atoms with Gasteiger partial charge in [-0.2, -0.15) is 0 Å². The van der Waals surface area contributed by atoms with Crippen molar-refractivity contribution in [3.63, 3.8) is 0 Å². The second-order valence-corrected chi connectivity index (χ2v) is 6.75. The lowest BCUT2D eigenvalue weighted by Crippen LogP contribution is -2.48. The first-order valence-electron chi connectivity index (χ1n) is 7.84. The van der Waals surface area contributed by atoms with Crippen molar-refractivity contribution in [1.82, 2.24) is 4.90 Å². The fourth-order valence-corrected chi connectivity index (χ4v) is 3.81. The zero-order valence-electron chi connectivity index (χ0n) is 13.4. The number of aliphatic hydroxyl groups excluding tert-OH is 1. The molecule has 0 saturated heterocycles. The Balaban J connectivity index is 1.89. The Bertz CT molecular complexity index is 752. The van der Waals surface area contributed by atoms with Gasteiger partial charge < -0.3 is 15.7 Å². The summed E-state index contributed by atoms with van der Waals surface area (Å²) in [5, 5.41) is 11.9. The van der Waals surface area contributed by atoms with Gasteiger partial charge in [-0.15, -0.1) is 11.8 Å². The smallest absolute Gasteiger partial charge is 0.248 e. The monoisotopic (exact) mass is 357 g/mol. The zero-order chi connectivity index (χ0) is 17.8. The molecule has 0 aromatic heterocycles. The highest BCUT2D eigenvalue weighted by Gasteiger charge is 2.35. The van der Waals surface area contributed by atoms with E-state index in [2.05, 4.69) is 6.20 Å². The molecule has 3 atom stereocenters. The van der Waals surface area contributed by atoms with E-state index >= 15 is 0 Å². The number of aliphatic hydroxyl groups is 1. The maximum Gasteiger partial charge on any atom is 0.248 e. The number of nitrogens with zero attached hydrogens (tertiary/aromatic N) is 1. The minimum atomic E-state index is -1.34. The number of carbonyl (C=O) groups is 1. The van der Waals surface area contributed by atoms with Crippen LogP contribution in [-0.2, 0) is 11.2 Å². The number of primary amides is 1. The van der Waals surface area contributed by atoms with Gasteiger partial charge in [0.15, 0.2) is 6.10 Å². The molecule has 129 valence electrons. The van der Waals surface area contributed by atoms with E-state index in [0.717, 1.165) is 11.1 Å². The van der Waals surface area contributed by atoms with E-state index in [1.165, 1.54) is 23.9 Å². The van der Waals surface area contributed by atoms with Crippen LogP contribution in [0.1, 0.15) is 16.5 Å². The SMILES string of the molecule is NC(=O)C(O)C(Cc1ccccc1)N1[C]=CSC1c1ccc(F)cc1. The molecule has 1 aliphatic rings. The van der Waals surface area contributed by atoms with Crippen LogP contribution in [-0.4, -0.2) is 28.1 Å². The molecule has 0 fully saturated rings. The average molecular weight is 357 g/mol. The molecule has 25 heavy (non-hydrogen) atoms. The fourth-order valence-electron chi connectivity index (χ4n) is 2.83. The average Bonchev–Trinajstić information content (AvgIpc) is 3.10. The summed E-state index contributed by atoms with van der Waals surface area (Å²) in [6.45, 7) is 0. The van der Waals surface area contributed by atoms with E-state index in [4.69, 9.17) is 5.73 Å². The highest BCUT2D eigenvalue weighted by molar-refractivity contribution is 8.02. The van der Waals surface area contributed by atoms with Crippen molar-refractivity contribution in [2.75, 3.05) is 0 Å². The van der Waals surface area contributed by atoms with E-state index < -0.39 is 18.1 Å². The Morgan fingerprint density at radius 2 is 1.92 bits per heavy atom. The van der Waals surface area contributed by atoms with Gasteiger partial charge in [-0.25, -0.2) is 4.39 Å². The predicted octanol–water partition coefficient (Wildman–Crippen LogP) is 2.60. The molecule has 2 aromatic carbocycles. The van der Waals surface area contributed by atoms with Crippen LogP contribution in [0.15, 0.2) is 60.0 Å². The molecule has 0 saturated carbocycles. The lowest BCUT2D eigenvalue weighted by Gasteiger charge is -2.35. The number of hydrogen-bond acceptors (Lipinski definition) is 4. The van der Waals surface area contributed by atoms with Gasteiger partial charge in [0, 0.05) is 0 Å². The van der Waals surface area contributed by atoms with Crippen molar-refractivity contribution >= 4 is 17.7 Å². The first-order chi connectivity index (χ1) is 12.1. The molecule has 1 amide bonds. The maximum absolute atomic E-state index is 13.2. The van der Waals surface area contributed by atoms with Crippen LogP contribution in [0.3, 0.4) is 0 Å². The van der Waals surface area contributed by atoms with Gasteiger partial charge >= 0.3 is 0 Å². The summed E-state index contributed by atoms with van der Waals surface area (Å²) in [5.41, 5.74) is 7.19. The Labute approximate surface area is 150 Å². The molecule has 0 spiro atoms. The van der Waals surface area contributed by atoms with Crippen molar-refractivity contribution in [2.45, 2.75) is 23.9 Å². The Kier molecular flexibility index (Phi) is 5.40. The summed E-state index contributed by atoms with van der Waals surface area (Å²) in [6, 6.07) is 15.2. The fraction of sp³-hybridized carbons (Fsp3) is 0.211. The normalized spacial score (nSPS) is 19.0. The van der Waals surface area contributed by atoms with Crippen molar-refractivity contribution in [2.24, 2.45) is 5.73 Å². The van der Waals surface area contributed by atoms with Crippen LogP contribution < -0.4 is 5.73 Å². The zero-order valence-corrected chi connectivity index (χ0v) is 14.2. The Morgan fingerprint density at radius 1 is 1.24 bits per heavy atom. The maximum atomic E-state index is 13.2. The first kappa shape index (κ1) is 17.5. The molecule has 6 heteroatoms. The van der Waals surface area contributed by atoms with Crippen LogP contribution in [0.25, 0.3) is 0 Å². The molecule has 1 aliphatic heterocycles. The van der Waals surface area contributed by atoms with Gasteiger partial charge in [0.2, 0.25) is 5.91 Å². The molecular formula is C19H18FN2O2S. The van der Waals surface area contributed by atoms with E-state index in [-0.39, 0.29) is 11.2 Å². The summed E-state index contributed by atoms with van der Waals surface area (Å²) in [5.74, 6) is -1.09. The van der Waals surface area contributed by atoms with E-state index in [9.17, 15) is 14.3 Å². The number of amides is 1. The third-order valence-electron chi connectivity index (χ3n) is 4.11. The Morgan fingerprint density at radius 3 is 2.56 bits per heavy atom. The number of nitrogens with two attached hydrogens (primary N) is 1. The van der Waals surface area contributed by atoms with Gasteiger partial charge in [-0.3, -0.25) is 4.79 Å². The topological polar surface area (TPSA) is 66.6 Å². The molecule has 3 N–H and O–H groups in total. The number of hydrogen-bond donors (Lipinski definition) is 2. The summed E-state index contributed by atoms with van der Waals surface area (Å²) >= 11 is 1.48. The minimum absolute atomic E-state index is 0.205. The van der Waals surface area contributed by atoms with Gasteiger partial charge in [0.1, 0.15) is 11.2 Å². The second kappa shape index (κ2) is 7.72. The summed E-state index contributed by atoms with van der Waals surface area (Å²) in [6.07, 6.45) is 2.18. The van der Waals surface area contributed by atoms with Crippen LogP contribution in [0.2, 0.25) is 0 Å². The highest BCUT2D eigenvalue weighted by atomic mass is 32.2. The number of thioether (sulfide) groups is 1. The third-order valence-corrected chi connectivity index (χ3v) is 5.11. The molecule has 3 rings (SSSR count). The molecule has 0 bridgehead atoms. The Hall–Kier alpha value is -2.31. The molecular weight excluding hydrogens is 339 g/mol. The summed E-state index contributed by atoms with van der Waals surface area (Å²) < 4.78 is 13.2. The number of carbonyl (C=O) groups excluding carboxylic acids is 1. The van der Waals surface area contributed by atoms with Crippen LogP contribution in [0, 0.1) is 12.0 Å². The molecule has 1 radical (unpaired) electrons. The van der Waals surface area contributed by atoms with Crippen LogP contribution in [0.4, 0.5) is 4.39 Å². The quantitative estimate of drug-likeness (QED) is 0.834. The van der Waals surface area contributed by atoms with Gasteiger partial charge in [-0.1, -0.05) is 42.5 Å². The number of halogens is 1. The third kappa shape index (κ3) is 4.03. The van der Waals surface area contributed by atoms with E-state index in [1.807, 2.05) is 30.3 Å². The number of benzene rings is 2. The van der Waals surface area contributed by atoms with Crippen molar-refractivity contribution < 1.29 is 14.3 Å². The number of rotatable bonds is 6. The van der Waals surface area contributed by atoms with Gasteiger partial charge in [0.25, 0.3) is 0 Å². The van der Waals surface area contributed by atoms with Gasteiger partial charge in [0.05, 0.1) is 12.2 Å².